The zero-order valence-corrected chi connectivity index (χ0v) is 13.6. The second-order valence-corrected chi connectivity index (χ2v) is 7.06. The van der Waals surface area contributed by atoms with Gasteiger partial charge in [0.15, 0.2) is 0 Å². The molecule has 1 aliphatic heterocycles. The Morgan fingerprint density at radius 1 is 1.38 bits per heavy atom. The highest BCUT2D eigenvalue weighted by atomic mass is 35.5. The lowest BCUT2D eigenvalue weighted by molar-refractivity contribution is -0.123. The molecule has 1 saturated heterocycles. The van der Waals surface area contributed by atoms with Crippen molar-refractivity contribution in [2.24, 2.45) is 5.41 Å². The van der Waals surface area contributed by atoms with Crippen LogP contribution in [0.5, 0.6) is 0 Å². The largest absolute Gasteiger partial charge is 0.326 e. The molecule has 0 spiro atoms. The maximum absolute atomic E-state index is 12.3. The van der Waals surface area contributed by atoms with Crippen molar-refractivity contribution in [1.29, 1.82) is 0 Å². The maximum Gasteiger partial charge on any atom is 0.240 e. The van der Waals surface area contributed by atoms with Crippen LogP contribution in [-0.2, 0) is 14.8 Å². The number of carbonyl (C=O) groups is 1. The fourth-order valence-electron chi connectivity index (χ4n) is 2.15. The Morgan fingerprint density at radius 3 is 2.67 bits per heavy atom. The first-order valence-corrected chi connectivity index (χ1v) is 7.91. The van der Waals surface area contributed by atoms with Crippen molar-refractivity contribution in [2.45, 2.75) is 18.2 Å². The predicted octanol–water partition coefficient (Wildman–Crippen LogP) is 0.955. The molecular formula is C13H20ClN3O3S. The molecule has 8 heteroatoms. The number of benzene rings is 1. The van der Waals surface area contributed by atoms with E-state index in [1.807, 2.05) is 6.92 Å². The molecule has 1 unspecified atom stereocenters. The Balaban J connectivity index is 0.00000220. The van der Waals surface area contributed by atoms with Crippen LogP contribution in [0.15, 0.2) is 29.2 Å². The summed E-state index contributed by atoms with van der Waals surface area (Å²) in [5, 5.41) is 5.95. The summed E-state index contributed by atoms with van der Waals surface area (Å²) in [6.45, 7) is 3.35. The van der Waals surface area contributed by atoms with Gasteiger partial charge in [-0.25, -0.2) is 13.1 Å². The first-order valence-electron chi connectivity index (χ1n) is 6.43. The molecule has 21 heavy (non-hydrogen) atoms. The molecule has 0 radical (unpaired) electrons. The van der Waals surface area contributed by atoms with Gasteiger partial charge < -0.3 is 10.6 Å². The number of halogens is 1. The number of anilines is 1. The minimum absolute atomic E-state index is 0. The summed E-state index contributed by atoms with van der Waals surface area (Å²) in [6.07, 6.45) is 0.771. The van der Waals surface area contributed by atoms with Crippen molar-refractivity contribution in [2.75, 3.05) is 25.5 Å². The molecule has 1 amide bonds. The number of sulfonamides is 1. The molecule has 1 aliphatic rings. The molecule has 0 bridgehead atoms. The molecule has 1 aromatic rings. The summed E-state index contributed by atoms with van der Waals surface area (Å²) in [7, 11) is -2.15. The molecular weight excluding hydrogens is 314 g/mol. The van der Waals surface area contributed by atoms with Gasteiger partial charge in [-0.1, -0.05) is 6.07 Å². The topological polar surface area (TPSA) is 87.3 Å². The van der Waals surface area contributed by atoms with Crippen LogP contribution in [0.1, 0.15) is 13.3 Å². The van der Waals surface area contributed by atoms with E-state index in [1.165, 1.54) is 19.2 Å². The minimum Gasteiger partial charge on any atom is -0.326 e. The summed E-state index contributed by atoms with van der Waals surface area (Å²) in [6, 6.07) is 6.23. The van der Waals surface area contributed by atoms with E-state index in [-0.39, 0.29) is 23.2 Å². The summed E-state index contributed by atoms with van der Waals surface area (Å²) >= 11 is 0. The van der Waals surface area contributed by atoms with Crippen molar-refractivity contribution >= 4 is 34.0 Å². The average Bonchev–Trinajstić information content (AvgIpc) is 2.87. The van der Waals surface area contributed by atoms with Gasteiger partial charge in [-0.3, -0.25) is 4.79 Å². The standard InChI is InChI=1S/C13H19N3O3S.ClH/c1-13(6-7-15-9-13)12(17)16-10-4-3-5-11(8-10)20(18,19)14-2;/h3-5,8,14-15H,6-7,9H2,1-2H3,(H,16,17);1H. The molecule has 1 heterocycles. The van der Waals surface area contributed by atoms with Gasteiger partial charge in [0.1, 0.15) is 0 Å². The number of amides is 1. The normalized spacial score (nSPS) is 21.6. The number of nitrogens with one attached hydrogen (secondary N) is 3. The second kappa shape index (κ2) is 6.74. The molecule has 2 rings (SSSR count). The van der Waals surface area contributed by atoms with Crippen LogP contribution >= 0.6 is 12.4 Å². The first kappa shape index (κ1) is 17.9. The molecule has 0 saturated carbocycles. The zero-order valence-electron chi connectivity index (χ0n) is 12.0. The number of hydrogen-bond donors (Lipinski definition) is 3. The van der Waals surface area contributed by atoms with E-state index in [9.17, 15) is 13.2 Å². The lowest BCUT2D eigenvalue weighted by atomic mass is 9.89. The van der Waals surface area contributed by atoms with Crippen LogP contribution in [0.4, 0.5) is 5.69 Å². The van der Waals surface area contributed by atoms with E-state index in [0.29, 0.717) is 12.2 Å². The lowest BCUT2D eigenvalue weighted by Gasteiger charge is -2.21. The van der Waals surface area contributed by atoms with Gasteiger partial charge in [-0.15, -0.1) is 12.4 Å². The first-order chi connectivity index (χ1) is 9.37. The third-order valence-corrected chi connectivity index (χ3v) is 5.00. The Bertz CT molecular complexity index is 613. The van der Waals surface area contributed by atoms with Crippen molar-refractivity contribution in [3.8, 4) is 0 Å². The fourth-order valence-corrected chi connectivity index (χ4v) is 2.93. The number of hydrogen-bond acceptors (Lipinski definition) is 4. The molecule has 3 N–H and O–H groups in total. The predicted molar refractivity (Wildman–Crippen MR) is 84.2 cm³/mol. The summed E-state index contributed by atoms with van der Waals surface area (Å²) < 4.78 is 25.7. The van der Waals surface area contributed by atoms with Gasteiger partial charge in [0.05, 0.1) is 10.3 Å². The fraction of sp³-hybridized carbons (Fsp3) is 0.462. The summed E-state index contributed by atoms with van der Waals surface area (Å²) in [5.74, 6) is -0.0958. The highest BCUT2D eigenvalue weighted by molar-refractivity contribution is 7.89. The maximum atomic E-state index is 12.3. The third-order valence-electron chi connectivity index (χ3n) is 3.59. The van der Waals surface area contributed by atoms with E-state index in [2.05, 4.69) is 15.4 Å². The van der Waals surface area contributed by atoms with Crippen LogP contribution in [0, 0.1) is 5.41 Å². The van der Waals surface area contributed by atoms with Gasteiger partial charge in [-0.05, 0) is 45.1 Å². The monoisotopic (exact) mass is 333 g/mol. The van der Waals surface area contributed by atoms with Gasteiger partial charge in [0, 0.05) is 12.2 Å². The van der Waals surface area contributed by atoms with E-state index in [1.54, 1.807) is 12.1 Å². The number of carbonyl (C=O) groups excluding carboxylic acids is 1. The highest BCUT2D eigenvalue weighted by Crippen LogP contribution is 2.26. The van der Waals surface area contributed by atoms with Gasteiger partial charge >= 0.3 is 0 Å². The quantitative estimate of drug-likeness (QED) is 0.765. The Morgan fingerprint density at radius 2 is 2.10 bits per heavy atom. The number of rotatable bonds is 4. The van der Waals surface area contributed by atoms with Gasteiger partial charge in [-0.2, -0.15) is 0 Å². The Kier molecular flexibility index (Phi) is 5.75. The average molecular weight is 334 g/mol. The van der Waals surface area contributed by atoms with Crippen LogP contribution in [0.3, 0.4) is 0 Å². The molecule has 0 aromatic heterocycles. The summed E-state index contributed by atoms with van der Waals surface area (Å²) in [5.41, 5.74) is 0.0391. The molecule has 1 fully saturated rings. The molecule has 118 valence electrons. The van der Waals surface area contributed by atoms with Crippen LogP contribution in [0.25, 0.3) is 0 Å². The van der Waals surface area contributed by atoms with E-state index in [0.717, 1.165) is 13.0 Å². The van der Waals surface area contributed by atoms with E-state index < -0.39 is 15.4 Å². The SMILES string of the molecule is CNS(=O)(=O)c1cccc(NC(=O)C2(C)CCNC2)c1.Cl. The molecule has 0 aliphatic carbocycles. The Labute approximate surface area is 131 Å². The summed E-state index contributed by atoms with van der Waals surface area (Å²) in [4.78, 5) is 12.4. The smallest absolute Gasteiger partial charge is 0.240 e. The van der Waals surface area contributed by atoms with E-state index >= 15 is 0 Å². The van der Waals surface area contributed by atoms with Gasteiger partial charge in [0.2, 0.25) is 15.9 Å². The second-order valence-electron chi connectivity index (χ2n) is 5.18. The zero-order chi connectivity index (χ0) is 14.8. The minimum atomic E-state index is -3.50. The molecule has 1 aromatic carbocycles. The molecule has 6 nitrogen and oxygen atoms in total. The Hall–Kier alpha value is -1.15. The van der Waals surface area contributed by atoms with Crippen molar-refractivity contribution in [3.05, 3.63) is 24.3 Å². The van der Waals surface area contributed by atoms with Gasteiger partial charge in [0.25, 0.3) is 0 Å². The third kappa shape index (κ3) is 3.94. The van der Waals surface area contributed by atoms with Crippen molar-refractivity contribution < 1.29 is 13.2 Å². The van der Waals surface area contributed by atoms with Crippen molar-refractivity contribution in [1.82, 2.24) is 10.0 Å². The highest BCUT2D eigenvalue weighted by Gasteiger charge is 2.36. The lowest BCUT2D eigenvalue weighted by Crippen LogP contribution is -2.35. The van der Waals surface area contributed by atoms with Crippen molar-refractivity contribution in [3.63, 3.8) is 0 Å². The van der Waals surface area contributed by atoms with E-state index in [4.69, 9.17) is 0 Å². The van der Waals surface area contributed by atoms with Crippen LogP contribution in [0.2, 0.25) is 0 Å². The van der Waals surface area contributed by atoms with Crippen LogP contribution in [-0.4, -0.2) is 34.5 Å². The van der Waals surface area contributed by atoms with Crippen LogP contribution < -0.4 is 15.4 Å². The molecule has 1 atom stereocenters.